The van der Waals surface area contributed by atoms with E-state index in [1.54, 1.807) is 0 Å². The van der Waals surface area contributed by atoms with Crippen LogP contribution in [0.15, 0.2) is 24.3 Å². The molecule has 1 aromatic rings. The molecule has 1 rings (SSSR count). The normalized spacial score (nSPS) is 11.5. The number of non-ortho nitro benzene ring substituents is 1. The highest BCUT2D eigenvalue weighted by Gasteiger charge is 2.08. The van der Waals surface area contributed by atoms with Crippen molar-refractivity contribution < 1.29 is 20.2 Å². The Labute approximate surface area is 97.5 Å². The Morgan fingerprint density at radius 1 is 1.29 bits per heavy atom. The van der Waals surface area contributed by atoms with E-state index in [1.165, 1.54) is 0 Å². The van der Waals surface area contributed by atoms with Crippen LogP contribution in [0.3, 0.4) is 0 Å². The zero-order valence-electron chi connectivity index (χ0n) is 8.96. The lowest BCUT2D eigenvalue weighted by molar-refractivity contribution is -0.744. The molecule has 0 unspecified atom stereocenters. The molecule has 0 bridgehead atoms. The van der Waals surface area contributed by atoms with Gasteiger partial charge in [0.1, 0.15) is 0 Å². The molecule has 0 aliphatic carbocycles. The van der Waals surface area contributed by atoms with E-state index in [9.17, 15) is 20.3 Å². The minimum absolute atomic E-state index is 0.0838. The zero-order valence-corrected chi connectivity index (χ0v) is 8.96. The smallest absolute Gasteiger partial charge is 0.269 e. The van der Waals surface area contributed by atoms with Crippen molar-refractivity contribution in [1.82, 2.24) is 5.32 Å². The molecule has 0 aliphatic heterocycles. The number of rotatable bonds is 6. The van der Waals surface area contributed by atoms with Crippen LogP contribution in [0.2, 0.25) is 0 Å². The molecule has 0 atom stereocenters. The van der Waals surface area contributed by atoms with Gasteiger partial charge in [-0.1, -0.05) is 17.7 Å². The number of aliphatic hydroxyl groups excluding tert-OH is 1. The van der Waals surface area contributed by atoms with Gasteiger partial charge in [0.15, 0.2) is 0 Å². The number of nitrogens with one attached hydrogen (secondary N) is 1. The lowest BCUT2D eigenvalue weighted by Gasteiger charge is -2.50. The van der Waals surface area contributed by atoms with Crippen molar-refractivity contribution in [3.63, 3.8) is 0 Å². The van der Waals surface area contributed by atoms with Crippen LogP contribution in [0.1, 0.15) is 12.0 Å². The molecule has 0 heterocycles. The summed E-state index contributed by atoms with van der Waals surface area (Å²) in [5.74, 6) is -2.76. The fraction of sp³-hybridized carbons (Fsp3) is 0.400. The average Bonchev–Trinajstić information content (AvgIpc) is 2.29. The topological polar surface area (TPSA) is 122 Å². The van der Waals surface area contributed by atoms with Crippen LogP contribution in [0.25, 0.3) is 0 Å². The minimum Gasteiger partial charge on any atom is -0.848 e. The highest BCUT2D eigenvalue weighted by atomic mass is 16.6. The number of nitro groups is 1. The van der Waals surface area contributed by atoms with Gasteiger partial charge in [-0.2, -0.15) is 0 Å². The number of benzene rings is 1. The Kier molecular flexibility index (Phi) is 4.53. The summed E-state index contributed by atoms with van der Waals surface area (Å²) in [5, 5.41) is 44.2. The minimum atomic E-state index is -2.76. The van der Waals surface area contributed by atoms with Crippen molar-refractivity contribution in [2.45, 2.75) is 12.3 Å². The third-order valence-corrected chi connectivity index (χ3v) is 2.15. The average molecular weight is 240 g/mol. The van der Waals surface area contributed by atoms with Crippen LogP contribution < -0.4 is 15.5 Å². The molecule has 17 heavy (non-hydrogen) atoms. The van der Waals surface area contributed by atoms with Gasteiger partial charge in [-0.25, -0.2) is 0 Å². The zero-order chi connectivity index (χ0) is 12.9. The summed E-state index contributed by atoms with van der Waals surface area (Å²) in [7, 11) is 0. The maximum Gasteiger partial charge on any atom is 0.269 e. The van der Waals surface area contributed by atoms with Gasteiger partial charge in [0.25, 0.3) is 5.69 Å². The fourth-order valence-electron chi connectivity index (χ4n) is 1.24. The van der Waals surface area contributed by atoms with Gasteiger partial charge in [-0.05, 0) is 13.0 Å². The molecular formula is C10H12N2O5-2. The maximum absolute atomic E-state index is 11.5. The molecule has 94 valence electrons. The number of hydrogen-bond acceptors (Lipinski definition) is 6. The van der Waals surface area contributed by atoms with E-state index in [2.05, 4.69) is 5.32 Å². The quantitative estimate of drug-likeness (QED) is 0.267. The fourth-order valence-corrected chi connectivity index (χ4v) is 1.24. The Morgan fingerprint density at radius 2 is 1.88 bits per heavy atom. The first kappa shape index (κ1) is 13.5. The second kappa shape index (κ2) is 5.69. The molecule has 7 nitrogen and oxygen atoms in total. The summed E-state index contributed by atoms with van der Waals surface area (Å²) in [5.41, 5.74) is -0.305. The molecule has 0 radical (unpaired) electrons. The summed E-state index contributed by atoms with van der Waals surface area (Å²) in [6.07, 6.45) is 0.291. The van der Waals surface area contributed by atoms with Gasteiger partial charge in [0, 0.05) is 18.7 Å². The van der Waals surface area contributed by atoms with Gasteiger partial charge in [0.2, 0.25) is 0 Å². The second-order valence-electron chi connectivity index (χ2n) is 3.42. The van der Waals surface area contributed by atoms with E-state index in [0.717, 1.165) is 24.3 Å². The molecule has 2 N–H and O–H groups in total. The highest BCUT2D eigenvalue weighted by Crippen LogP contribution is 2.15. The predicted molar refractivity (Wildman–Crippen MR) is 54.5 cm³/mol. The molecule has 0 aliphatic rings. The molecule has 0 spiro atoms. The van der Waals surface area contributed by atoms with Gasteiger partial charge in [-0.15, -0.1) is 5.91 Å². The van der Waals surface area contributed by atoms with Crippen LogP contribution in [0, 0.1) is 10.1 Å². The van der Waals surface area contributed by atoms with Crippen LogP contribution in [-0.2, 0) is 5.91 Å². The Bertz CT molecular complexity index is 377. The van der Waals surface area contributed by atoms with Crippen LogP contribution >= 0.6 is 0 Å². The van der Waals surface area contributed by atoms with Crippen molar-refractivity contribution in [2.75, 3.05) is 13.2 Å². The monoisotopic (exact) mass is 240 g/mol. The lowest BCUT2D eigenvalue weighted by Crippen LogP contribution is -2.63. The van der Waals surface area contributed by atoms with E-state index >= 15 is 0 Å². The standard InChI is InChI=1S/C10H12N2O5/c13-7-1-6-11-10(14,15)8-2-4-9(5-3-8)12(16)17/h2-5,11,13H,1,6-7H2/q-2. The van der Waals surface area contributed by atoms with Gasteiger partial charge >= 0.3 is 0 Å². The first-order valence-electron chi connectivity index (χ1n) is 4.99. The molecule has 0 fully saturated rings. The Balaban J connectivity index is 2.73. The number of nitro benzene ring substituents is 1. The highest BCUT2D eigenvalue weighted by molar-refractivity contribution is 5.34. The van der Waals surface area contributed by atoms with E-state index in [0.29, 0.717) is 6.42 Å². The molecule has 1 aromatic carbocycles. The van der Waals surface area contributed by atoms with E-state index in [1.807, 2.05) is 0 Å². The molecule has 7 heteroatoms. The first-order chi connectivity index (χ1) is 7.97. The molecule has 0 saturated carbocycles. The van der Waals surface area contributed by atoms with Crippen LogP contribution in [-0.4, -0.2) is 23.2 Å². The molecular weight excluding hydrogens is 228 g/mol. The number of nitrogens with zero attached hydrogens (tertiary/aromatic N) is 1. The van der Waals surface area contributed by atoms with Crippen molar-refractivity contribution >= 4 is 5.69 Å². The van der Waals surface area contributed by atoms with Crippen molar-refractivity contribution in [1.29, 1.82) is 0 Å². The second-order valence-corrected chi connectivity index (χ2v) is 3.42. The predicted octanol–water partition coefficient (Wildman–Crippen LogP) is -1.60. The molecule has 0 amide bonds. The molecule has 0 saturated heterocycles. The summed E-state index contributed by atoms with van der Waals surface area (Å²) in [6.45, 7) is -0.0379. The van der Waals surface area contributed by atoms with Crippen LogP contribution in [0.4, 0.5) is 5.69 Å². The van der Waals surface area contributed by atoms with Gasteiger partial charge in [0.05, 0.1) is 4.92 Å². The lowest BCUT2D eigenvalue weighted by atomic mass is 10.1. The van der Waals surface area contributed by atoms with Crippen molar-refractivity contribution in [2.24, 2.45) is 0 Å². The van der Waals surface area contributed by atoms with Gasteiger partial charge in [-0.3, -0.25) is 10.1 Å². The van der Waals surface area contributed by atoms with E-state index in [4.69, 9.17) is 5.11 Å². The number of aliphatic hydroxyl groups is 1. The third-order valence-electron chi connectivity index (χ3n) is 2.15. The third kappa shape index (κ3) is 3.75. The summed E-state index contributed by atoms with van der Waals surface area (Å²) >= 11 is 0. The molecule has 0 aromatic heterocycles. The largest absolute Gasteiger partial charge is 0.848 e. The Hall–Kier alpha value is -1.54. The van der Waals surface area contributed by atoms with Crippen molar-refractivity contribution in [3.8, 4) is 0 Å². The van der Waals surface area contributed by atoms with E-state index < -0.39 is 10.8 Å². The summed E-state index contributed by atoms with van der Waals surface area (Å²) in [4.78, 5) is 9.77. The van der Waals surface area contributed by atoms with Crippen LogP contribution in [0.5, 0.6) is 0 Å². The Morgan fingerprint density at radius 3 is 2.35 bits per heavy atom. The van der Waals surface area contributed by atoms with Crippen molar-refractivity contribution in [3.05, 3.63) is 39.9 Å². The SMILES string of the molecule is O=[N+]([O-])c1ccc(C([O-])([O-])NCCCO)cc1. The van der Waals surface area contributed by atoms with Gasteiger partial charge < -0.3 is 20.6 Å². The maximum atomic E-state index is 11.5. The summed E-state index contributed by atoms with van der Waals surface area (Å²) in [6, 6.07) is 4.47. The van der Waals surface area contributed by atoms with E-state index in [-0.39, 0.29) is 24.4 Å². The number of hydrogen-bond donors (Lipinski definition) is 2. The first-order valence-corrected chi connectivity index (χ1v) is 4.99. The summed E-state index contributed by atoms with van der Waals surface area (Å²) < 4.78 is 0.